The standard InChI is InChI=1S/C19H20N2S/c1-4-22-19-20-13-18(16-9-5-14(2)6-10-16)21(19)17-11-7-15(3)8-12-17/h5-13H,4H2,1-3H3. The quantitative estimate of drug-likeness (QED) is 0.611. The second-order valence-corrected chi connectivity index (χ2v) is 6.63. The molecule has 1 aromatic heterocycles. The topological polar surface area (TPSA) is 17.8 Å². The summed E-state index contributed by atoms with van der Waals surface area (Å²) in [6.07, 6.45) is 1.97. The van der Waals surface area contributed by atoms with Gasteiger partial charge in [0.2, 0.25) is 0 Å². The van der Waals surface area contributed by atoms with E-state index in [4.69, 9.17) is 0 Å². The van der Waals surface area contributed by atoms with Crippen molar-refractivity contribution in [2.45, 2.75) is 25.9 Å². The highest BCUT2D eigenvalue weighted by Crippen LogP contribution is 2.30. The van der Waals surface area contributed by atoms with Crippen LogP contribution in [0.25, 0.3) is 16.9 Å². The number of hydrogen-bond acceptors (Lipinski definition) is 2. The maximum atomic E-state index is 4.63. The first-order valence-electron chi connectivity index (χ1n) is 7.53. The molecule has 3 rings (SSSR count). The molecule has 0 aliphatic rings. The molecule has 0 bridgehead atoms. The lowest BCUT2D eigenvalue weighted by Gasteiger charge is -2.12. The van der Waals surface area contributed by atoms with Crippen molar-refractivity contribution >= 4 is 11.8 Å². The van der Waals surface area contributed by atoms with Crippen molar-refractivity contribution in [2.75, 3.05) is 5.75 Å². The maximum absolute atomic E-state index is 4.63. The highest BCUT2D eigenvalue weighted by molar-refractivity contribution is 7.99. The van der Waals surface area contributed by atoms with E-state index < -0.39 is 0 Å². The Kier molecular flexibility index (Phi) is 4.34. The third-order valence-corrected chi connectivity index (χ3v) is 4.48. The van der Waals surface area contributed by atoms with Crippen LogP contribution in [0.3, 0.4) is 0 Å². The number of rotatable bonds is 4. The first-order chi connectivity index (χ1) is 10.7. The molecule has 22 heavy (non-hydrogen) atoms. The van der Waals surface area contributed by atoms with Crippen LogP contribution >= 0.6 is 11.8 Å². The first-order valence-corrected chi connectivity index (χ1v) is 8.52. The van der Waals surface area contributed by atoms with Gasteiger partial charge in [-0.3, -0.25) is 4.57 Å². The Bertz CT molecular complexity index is 755. The fourth-order valence-corrected chi connectivity index (χ4v) is 3.16. The van der Waals surface area contributed by atoms with Gasteiger partial charge in [-0.15, -0.1) is 0 Å². The normalized spacial score (nSPS) is 10.9. The van der Waals surface area contributed by atoms with Gasteiger partial charge in [-0.05, 0) is 31.7 Å². The number of thioether (sulfide) groups is 1. The summed E-state index contributed by atoms with van der Waals surface area (Å²) in [5.41, 5.74) is 6.04. The van der Waals surface area contributed by atoms with Crippen LogP contribution in [0.5, 0.6) is 0 Å². The summed E-state index contributed by atoms with van der Waals surface area (Å²) in [5, 5.41) is 1.04. The monoisotopic (exact) mass is 308 g/mol. The molecule has 0 atom stereocenters. The molecular weight excluding hydrogens is 288 g/mol. The molecule has 2 aromatic carbocycles. The van der Waals surface area contributed by atoms with E-state index in [-0.39, 0.29) is 0 Å². The maximum Gasteiger partial charge on any atom is 0.173 e. The fourth-order valence-electron chi connectivity index (χ4n) is 2.44. The van der Waals surface area contributed by atoms with Gasteiger partial charge in [0, 0.05) is 11.3 Å². The molecule has 0 saturated heterocycles. The Labute approximate surface area is 136 Å². The van der Waals surface area contributed by atoms with E-state index in [0.717, 1.165) is 22.3 Å². The molecule has 0 aliphatic carbocycles. The van der Waals surface area contributed by atoms with E-state index in [2.05, 4.69) is 78.9 Å². The van der Waals surface area contributed by atoms with Gasteiger partial charge in [-0.25, -0.2) is 4.98 Å². The molecule has 0 aliphatic heterocycles. The van der Waals surface area contributed by atoms with Gasteiger partial charge in [0.15, 0.2) is 5.16 Å². The Morgan fingerprint density at radius 1 is 0.909 bits per heavy atom. The first kappa shape index (κ1) is 14.9. The summed E-state index contributed by atoms with van der Waals surface area (Å²) >= 11 is 1.77. The molecule has 0 unspecified atom stereocenters. The van der Waals surface area contributed by atoms with Crippen molar-refractivity contribution < 1.29 is 0 Å². The average Bonchev–Trinajstić information content (AvgIpc) is 2.93. The fraction of sp³-hybridized carbons (Fsp3) is 0.211. The number of nitrogens with zero attached hydrogens (tertiary/aromatic N) is 2. The molecule has 0 spiro atoms. The largest absolute Gasteiger partial charge is 0.287 e. The number of aromatic nitrogens is 2. The zero-order valence-electron chi connectivity index (χ0n) is 13.2. The second-order valence-electron chi connectivity index (χ2n) is 5.40. The zero-order chi connectivity index (χ0) is 15.5. The van der Waals surface area contributed by atoms with Crippen molar-refractivity contribution in [1.82, 2.24) is 9.55 Å². The molecule has 3 heteroatoms. The third-order valence-electron chi connectivity index (χ3n) is 3.64. The van der Waals surface area contributed by atoms with E-state index in [1.807, 2.05) is 6.20 Å². The summed E-state index contributed by atoms with van der Waals surface area (Å²) in [6, 6.07) is 17.2. The molecule has 1 heterocycles. The van der Waals surface area contributed by atoms with Crippen molar-refractivity contribution in [2.24, 2.45) is 0 Å². The number of aryl methyl sites for hydroxylation is 2. The van der Waals surface area contributed by atoms with E-state index in [1.54, 1.807) is 11.8 Å². The predicted octanol–water partition coefficient (Wildman–Crippen LogP) is 5.27. The summed E-state index contributed by atoms with van der Waals surface area (Å²) in [4.78, 5) is 4.63. The van der Waals surface area contributed by atoms with Gasteiger partial charge in [0.05, 0.1) is 11.9 Å². The van der Waals surface area contributed by atoms with Gasteiger partial charge < -0.3 is 0 Å². The van der Waals surface area contributed by atoms with Gasteiger partial charge in [0.1, 0.15) is 0 Å². The van der Waals surface area contributed by atoms with Crippen molar-refractivity contribution in [1.29, 1.82) is 0 Å². The van der Waals surface area contributed by atoms with Crippen molar-refractivity contribution in [3.8, 4) is 16.9 Å². The highest BCUT2D eigenvalue weighted by atomic mass is 32.2. The van der Waals surface area contributed by atoms with Crippen LogP contribution in [0, 0.1) is 13.8 Å². The molecular formula is C19H20N2S. The summed E-state index contributed by atoms with van der Waals surface area (Å²) in [5.74, 6) is 1.01. The highest BCUT2D eigenvalue weighted by Gasteiger charge is 2.13. The van der Waals surface area contributed by atoms with Crippen LogP contribution in [-0.2, 0) is 0 Å². The van der Waals surface area contributed by atoms with E-state index in [0.29, 0.717) is 0 Å². The molecule has 0 amide bonds. The Morgan fingerprint density at radius 3 is 2.09 bits per heavy atom. The van der Waals surface area contributed by atoms with E-state index in [9.17, 15) is 0 Å². The van der Waals surface area contributed by atoms with E-state index >= 15 is 0 Å². The number of hydrogen-bond donors (Lipinski definition) is 0. The molecule has 0 fully saturated rings. The Balaban J connectivity index is 2.14. The summed E-state index contributed by atoms with van der Waals surface area (Å²) in [7, 11) is 0. The molecule has 0 radical (unpaired) electrons. The van der Waals surface area contributed by atoms with Crippen LogP contribution in [0.1, 0.15) is 18.1 Å². The molecule has 2 nitrogen and oxygen atoms in total. The molecule has 0 N–H and O–H groups in total. The van der Waals surface area contributed by atoms with Crippen LogP contribution in [0.2, 0.25) is 0 Å². The lowest BCUT2D eigenvalue weighted by Crippen LogP contribution is -1.99. The molecule has 112 valence electrons. The lowest BCUT2D eigenvalue weighted by atomic mass is 10.1. The average molecular weight is 308 g/mol. The van der Waals surface area contributed by atoms with Crippen LogP contribution in [0.4, 0.5) is 0 Å². The van der Waals surface area contributed by atoms with Crippen molar-refractivity contribution in [3.63, 3.8) is 0 Å². The van der Waals surface area contributed by atoms with Crippen molar-refractivity contribution in [3.05, 3.63) is 65.9 Å². The van der Waals surface area contributed by atoms with Gasteiger partial charge in [-0.1, -0.05) is 66.2 Å². The number of benzene rings is 2. The van der Waals surface area contributed by atoms with Crippen LogP contribution in [-0.4, -0.2) is 15.3 Å². The Hall–Kier alpha value is -2.00. The van der Waals surface area contributed by atoms with E-state index in [1.165, 1.54) is 16.7 Å². The SMILES string of the molecule is CCSc1ncc(-c2ccc(C)cc2)n1-c1ccc(C)cc1. The van der Waals surface area contributed by atoms with Crippen LogP contribution in [0.15, 0.2) is 59.9 Å². The zero-order valence-corrected chi connectivity index (χ0v) is 14.0. The smallest absolute Gasteiger partial charge is 0.173 e. The van der Waals surface area contributed by atoms with Crippen LogP contribution < -0.4 is 0 Å². The minimum Gasteiger partial charge on any atom is -0.287 e. The predicted molar refractivity (Wildman–Crippen MR) is 94.9 cm³/mol. The minimum atomic E-state index is 1.01. The lowest BCUT2D eigenvalue weighted by molar-refractivity contribution is 0.900. The molecule has 0 saturated carbocycles. The number of imidazole rings is 1. The summed E-state index contributed by atoms with van der Waals surface area (Å²) in [6.45, 7) is 6.38. The van der Waals surface area contributed by atoms with Gasteiger partial charge in [0.25, 0.3) is 0 Å². The van der Waals surface area contributed by atoms with Gasteiger partial charge in [-0.2, -0.15) is 0 Å². The third kappa shape index (κ3) is 2.95. The van der Waals surface area contributed by atoms with Gasteiger partial charge >= 0.3 is 0 Å². The Morgan fingerprint density at radius 2 is 1.50 bits per heavy atom. The summed E-state index contributed by atoms with van der Waals surface area (Å²) < 4.78 is 2.25. The second kappa shape index (κ2) is 6.41. The minimum absolute atomic E-state index is 1.01. The molecule has 3 aromatic rings.